The van der Waals surface area contributed by atoms with Crippen molar-refractivity contribution in [2.75, 3.05) is 26.8 Å². The number of hydrogen-bond acceptors (Lipinski definition) is 5. The standard InChI is InChI=1S/C18H22N4O4/c1-21-17(24)19-15(20-21)16(23)22-9-7-18(8-10-22)14-12(6-11-26-18)4-3-5-13(14)25-2/h3-5H,6-11H2,1-2H3,(H,19,20,24). The van der Waals surface area contributed by atoms with Gasteiger partial charge in [-0.2, -0.15) is 0 Å². The minimum absolute atomic E-state index is 0.0796. The van der Waals surface area contributed by atoms with Crippen LogP contribution in [0.15, 0.2) is 23.0 Å². The molecule has 2 aliphatic heterocycles. The Balaban J connectivity index is 1.58. The number of aryl methyl sites for hydroxylation is 1. The van der Waals surface area contributed by atoms with E-state index in [2.05, 4.69) is 16.1 Å². The minimum atomic E-state index is -0.422. The fraction of sp³-hybridized carbons (Fsp3) is 0.500. The molecule has 2 aromatic rings. The summed E-state index contributed by atoms with van der Waals surface area (Å²) in [6.07, 6.45) is 2.23. The number of amides is 1. The number of nitrogens with one attached hydrogen (secondary N) is 1. The maximum Gasteiger partial charge on any atom is 0.343 e. The van der Waals surface area contributed by atoms with Gasteiger partial charge in [-0.1, -0.05) is 12.1 Å². The van der Waals surface area contributed by atoms with Gasteiger partial charge in [0, 0.05) is 25.7 Å². The molecule has 0 unspecified atom stereocenters. The number of likely N-dealkylation sites (tertiary alicyclic amines) is 1. The summed E-state index contributed by atoms with van der Waals surface area (Å²) in [6.45, 7) is 1.74. The Kier molecular flexibility index (Phi) is 4.07. The molecule has 138 valence electrons. The van der Waals surface area contributed by atoms with Gasteiger partial charge in [0.25, 0.3) is 5.91 Å². The van der Waals surface area contributed by atoms with Crippen molar-refractivity contribution in [3.8, 4) is 5.75 Å². The second-order valence-electron chi connectivity index (χ2n) is 6.78. The number of aromatic amines is 1. The Morgan fingerprint density at radius 2 is 2.12 bits per heavy atom. The van der Waals surface area contributed by atoms with Gasteiger partial charge in [-0.15, -0.1) is 5.10 Å². The summed E-state index contributed by atoms with van der Waals surface area (Å²) in [7, 11) is 3.19. The van der Waals surface area contributed by atoms with Crippen LogP contribution in [0.4, 0.5) is 0 Å². The van der Waals surface area contributed by atoms with E-state index in [9.17, 15) is 9.59 Å². The number of benzene rings is 1. The highest BCUT2D eigenvalue weighted by Gasteiger charge is 2.44. The minimum Gasteiger partial charge on any atom is -0.496 e. The first-order valence-electron chi connectivity index (χ1n) is 8.77. The molecule has 1 N–H and O–H groups in total. The summed E-state index contributed by atoms with van der Waals surface area (Å²) < 4.78 is 13.0. The highest BCUT2D eigenvalue weighted by Crippen LogP contribution is 2.45. The van der Waals surface area contributed by atoms with E-state index in [0.29, 0.717) is 32.5 Å². The van der Waals surface area contributed by atoms with Crippen LogP contribution in [0, 0.1) is 0 Å². The van der Waals surface area contributed by atoms with Crippen LogP contribution in [0.2, 0.25) is 0 Å². The Morgan fingerprint density at radius 3 is 2.77 bits per heavy atom. The molecule has 1 aromatic carbocycles. The van der Waals surface area contributed by atoms with Crippen molar-refractivity contribution in [1.82, 2.24) is 19.7 Å². The van der Waals surface area contributed by atoms with Crippen molar-refractivity contribution in [2.24, 2.45) is 7.05 Å². The van der Waals surface area contributed by atoms with E-state index >= 15 is 0 Å². The van der Waals surface area contributed by atoms with E-state index in [-0.39, 0.29) is 11.7 Å². The van der Waals surface area contributed by atoms with Gasteiger partial charge in [0.1, 0.15) is 11.4 Å². The predicted molar refractivity (Wildman–Crippen MR) is 93.3 cm³/mol. The smallest absolute Gasteiger partial charge is 0.343 e. The molecule has 0 saturated carbocycles. The molecule has 1 spiro atoms. The first-order valence-corrected chi connectivity index (χ1v) is 8.77. The Labute approximate surface area is 150 Å². The average molecular weight is 358 g/mol. The van der Waals surface area contributed by atoms with Crippen LogP contribution in [0.25, 0.3) is 0 Å². The molecule has 1 aromatic heterocycles. The maximum absolute atomic E-state index is 12.6. The van der Waals surface area contributed by atoms with Gasteiger partial charge in [-0.3, -0.25) is 9.78 Å². The third-order valence-corrected chi connectivity index (χ3v) is 5.37. The van der Waals surface area contributed by atoms with E-state index in [0.717, 1.165) is 22.4 Å². The zero-order valence-electron chi connectivity index (χ0n) is 14.9. The van der Waals surface area contributed by atoms with Crippen LogP contribution >= 0.6 is 0 Å². The Bertz CT molecular complexity index is 879. The monoisotopic (exact) mass is 358 g/mol. The first kappa shape index (κ1) is 16.8. The summed E-state index contributed by atoms with van der Waals surface area (Å²) in [5.74, 6) is 0.667. The number of rotatable bonds is 2. The van der Waals surface area contributed by atoms with E-state index < -0.39 is 11.3 Å². The number of aromatic nitrogens is 3. The van der Waals surface area contributed by atoms with Crippen molar-refractivity contribution >= 4 is 5.91 Å². The zero-order chi connectivity index (χ0) is 18.3. The maximum atomic E-state index is 12.6. The Morgan fingerprint density at radius 1 is 1.35 bits per heavy atom. The number of carbonyl (C=O) groups is 1. The highest BCUT2D eigenvalue weighted by molar-refractivity contribution is 5.90. The SMILES string of the molecule is COc1cccc2c1C1(CCN(C(=O)c3nn(C)c(=O)[nH]3)CC1)OCC2. The number of fused-ring (bicyclic) bond motifs is 2. The molecule has 1 amide bonds. The number of nitrogens with zero attached hydrogens (tertiary/aromatic N) is 3. The molecule has 1 saturated heterocycles. The molecule has 3 heterocycles. The summed E-state index contributed by atoms with van der Waals surface area (Å²) >= 11 is 0. The van der Waals surface area contributed by atoms with Crippen LogP contribution in [0.5, 0.6) is 5.75 Å². The number of methoxy groups -OCH3 is 1. The van der Waals surface area contributed by atoms with Crippen LogP contribution in [0.3, 0.4) is 0 Å². The summed E-state index contributed by atoms with van der Waals surface area (Å²) in [4.78, 5) is 28.4. The number of H-pyrrole nitrogens is 1. The lowest BCUT2D eigenvalue weighted by molar-refractivity contribution is -0.0947. The van der Waals surface area contributed by atoms with Gasteiger partial charge in [-0.25, -0.2) is 9.48 Å². The number of hydrogen-bond donors (Lipinski definition) is 1. The van der Waals surface area contributed by atoms with Gasteiger partial charge in [-0.05, 0) is 30.9 Å². The lowest BCUT2D eigenvalue weighted by Gasteiger charge is -2.45. The normalized spacial score (nSPS) is 18.6. The van der Waals surface area contributed by atoms with Crippen molar-refractivity contribution < 1.29 is 14.3 Å². The summed E-state index contributed by atoms with van der Waals surface area (Å²) in [5.41, 5.74) is 1.56. The highest BCUT2D eigenvalue weighted by atomic mass is 16.5. The molecule has 1 fully saturated rings. The van der Waals surface area contributed by atoms with Crippen LogP contribution in [-0.2, 0) is 23.8 Å². The number of carbonyl (C=O) groups excluding carboxylic acids is 1. The first-order chi connectivity index (χ1) is 12.5. The molecule has 26 heavy (non-hydrogen) atoms. The van der Waals surface area contributed by atoms with E-state index in [1.54, 1.807) is 12.0 Å². The topological polar surface area (TPSA) is 89.5 Å². The lowest BCUT2D eigenvalue weighted by atomic mass is 9.78. The second-order valence-corrected chi connectivity index (χ2v) is 6.78. The molecular formula is C18H22N4O4. The number of ether oxygens (including phenoxy) is 2. The molecule has 4 rings (SSSR count). The summed E-state index contributed by atoms with van der Waals surface area (Å²) in [5, 5.41) is 3.96. The van der Waals surface area contributed by atoms with Gasteiger partial charge >= 0.3 is 5.69 Å². The van der Waals surface area contributed by atoms with Gasteiger partial charge in [0.05, 0.1) is 13.7 Å². The molecule has 0 atom stereocenters. The second kappa shape index (κ2) is 6.28. The molecular weight excluding hydrogens is 336 g/mol. The molecule has 0 aliphatic carbocycles. The van der Waals surface area contributed by atoms with Gasteiger partial charge in [0.2, 0.25) is 5.82 Å². The quantitative estimate of drug-likeness (QED) is 0.859. The largest absolute Gasteiger partial charge is 0.496 e. The van der Waals surface area contributed by atoms with Crippen LogP contribution < -0.4 is 10.4 Å². The molecule has 0 bridgehead atoms. The van der Waals surface area contributed by atoms with E-state index in [4.69, 9.17) is 9.47 Å². The summed E-state index contributed by atoms with van der Waals surface area (Å²) in [6, 6.07) is 6.09. The van der Waals surface area contributed by atoms with E-state index in [1.165, 1.54) is 12.6 Å². The number of piperidine rings is 1. The lowest BCUT2D eigenvalue weighted by Crippen LogP contribution is -2.48. The third kappa shape index (κ3) is 2.61. The van der Waals surface area contributed by atoms with Crippen LogP contribution in [-0.4, -0.2) is 52.4 Å². The van der Waals surface area contributed by atoms with Crippen molar-refractivity contribution in [3.63, 3.8) is 0 Å². The van der Waals surface area contributed by atoms with Crippen molar-refractivity contribution in [2.45, 2.75) is 24.9 Å². The molecule has 8 nitrogen and oxygen atoms in total. The molecule has 8 heteroatoms. The fourth-order valence-corrected chi connectivity index (χ4v) is 4.01. The van der Waals surface area contributed by atoms with E-state index in [1.807, 2.05) is 12.1 Å². The van der Waals surface area contributed by atoms with Crippen molar-refractivity contribution in [3.05, 3.63) is 45.6 Å². The predicted octanol–water partition coefficient (Wildman–Crippen LogP) is 0.821. The average Bonchev–Trinajstić information content (AvgIpc) is 3.00. The third-order valence-electron chi connectivity index (χ3n) is 5.37. The van der Waals surface area contributed by atoms with Gasteiger partial charge in [0.15, 0.2) is 0 Å². The molecule has 0 radical (unpaired) electrons. The molecule has 2 aliphatic rings. The zero-order valence-corrected chi connectivity index (χ0v) is 14.9. The van der Waals surface area contributed by atoms with Crippen LogP contribution in [0.1, 0.15) is 34.6 Å². The Hall–Kier alpha value is -2.61. The van der Waals surface area contributed by atoms with Gasteiger partial charge < -0.3 is 14.4 Å². The van der Waals surface area contributed by atoms with Crippen molar-refractivity contribution in [1.29, 1.82) is 0 Å². The fourth-order valence-electron chi connectivity index (χ4n) is 4.01.